The van der Waals surface area contributed by atoms with Crippen LogP contribution >= 0.6 is 0 Å². The summed E-state index contributed by atoms with van der Waals surface area (Å²) >= 11 is 0. The maximum Gasteiger partial charge on any atom is 0.340 e. The maximum atomic E-state index is 13.2. The van der Waals surface area contributed by atoms with E-state index in [4.69, 9.17) is 9.26 Å². The van der Waals surface area contributed by atoms with Crippen LogP contribution in [0.3, 0.4) is 0 Å². The van der Waals surface area contributed by atoms with Crippen LogP contribution in [0, 0.1) is 11.3 Å². The average Bonchev–Trinajstić information content (AvgIpc) is 3.40. The Morgan fingerprint density at radius 3 is 2.42 bits per heavy atom. The van der Waals surface area contributed by atoms with E-state index in [0.717, 1.165) is 9.87 Å². The molecule has 0 saturated heterocycles. The molecule has 3 N–H and O–H groups in total. The molecule has 0 unspecified atom stereocenters. The molecule has 0 aliphatic carbocycles. The highest BCUT2D eigenvalue weighted by atomic mass is 32.2. The molecule has 40 heavy (non-hydrogen) atoms. The Hall–Kier alpha value is -4.61. The van der Waals surface area contributed by atoms with Gasteiger partial charge < -0.3 is 24.8 Å². The summed E-state index contributed by atoms with van der Waals surface area (Å²) < 4.78 is 37.6. The van der Waals surface area contributed by atoms with Crippen molar-refractivity contribution in [2.24, 2.45) is 0 Å². The second-order valence-corrected chi connectivity index (χ2v) is 10.4. The zero-order chi connectivity index (χ0) is 28.7. The smallest absolute Gasteiger partial charge is 0.340 e. The summed E-state index contributed by atoms with van der Waals surface area (Å²) in [5.41, 5.74) is 1.07. The number of carbonyl (C=O) groups excluding carboxylic acids is 2. The summed E-state index contributed by atoms with van der Waals surface area (Å²) in [4.78, 5) is 25.9. The van der Waals surface area contributed by atoms with Crippen molar-refractivity contribution in [3.05, 3.63) is 89.2 Å². The molecule has 4 aromatic rings. The number of hydrogen-bond donors (Lipinski definition) is 3. The van der Waals surface area contributed by atoms with Crippen LogP contribution in [-0.2, 0) is 21.4 Å². The third-order valence-corrected chi connectivity index (χ3v) is 7.71. The number of nitrogens with zero attached hydrogens (tertiary/aromatic N) is 3. The van der Waals surface area contributed by atoms with Crippen molar-refractivity contribution in [1.82, 2.24) is 9.46 Å². The standard InChI is InChI=1S/C27H24N4O8S/c28-16-19-6-8-23(22(14-19)27(35)38-17-18-4-2-1-3-5-18)29-26(34)25-21-15-20(7-9-24(21)30-39-25)40(36,37)31(10-12-32)11-13-33/h1-9,14-15,32-33H,10-13,17H2,(H,29,34). The number of aliphatic hydroxyl groups is 2. The number of ether oxygens (including phenoxy) is 1. The highest BCUT2D eigenvalue weighted by Gasteiger charge is 2.27. The van der Waals surface area contributed by atoms with E-state index in [0.29, 0.717) is 0 Å². The first-order valence-corrected chi connectivity index (χ1v) is 13.4. The lowest BCUT2D eigenvalue weighted by Crippen LogP contribution is -2.35. The Balaban J connectivity index is 1.63. The summed E-state index contributed by atoms with van der Waals surface area (Å²) in [5.74, 6) is -1.93. The van der Waals surface area contributed by atoms with Gasteiger partial charge >= 0.3 is 5.97 Å². The Labute approximate surface area is 229 Å². The molecule has 0 spiro atoms. The number of rotatable bonds is 11. The van der Waals surface area contributed by atoms with Crippen molar-refractivity contribution in [1.29, 1.82) is 5.26 Å². The Bertz CT molecular complexity index is 1670. The minimum absolute atomic E-state index is 0.0303. The molecule has 12 nitrogen and oxygen atoms in total. The predicted molar refractivity (Wildman–Crippen MR) is 142 cm³/mol. The number of amides is 1. The summed E-state index contributed by atoms with van der Waals surface area (Å²) in [6, 6.07) is 18.8. The van der Waals surface area contributed by atoms with Crippen LogP contribution in [0.2, 0.25) is 0 Å². The third kappa shape index (κ3) is 6.16. The number of benzene rings is 3. The number of fused-ring (bicyclic) bond motifs is 1. The largest absolute Gasteiger partial charge is 0.457 e. The fourth-order valence-corrected chi connectivity index (χ4v) is 5.29. The number of nitriles is 1. The lowest BCUT2D eigenvalue weighted by molar-refractivity contribution is 0.0474. The average molecular weight is 565 g/mol. The lowest BCUT2D eigenvalue weighted by atomic mass is 10.1. The Morgan fingerprint density at radius 1 is 1.02 bits per heavy atom. The van der Waals surface area contributed by atoms with Crippen molar-refractivity contribution in [3.63, 3.8) is 0 Å². The van der Waals surface area contributed by atoms with Gasteiger partial charge in [-0.25, -0.2) is 13.2 Å². The van der Waals surface area contributed by atoms with E-state index in [2.05, 4.69) is 10.5 Å². The van der Waals surface area contributed by atoms with Gasteiger partial charge in [0.15, 0.2) is 0 Å². The highest BCUT2D eigenvalue weighted by molar-refractivity contribution is 7.89. The minimum atomic E-state index is -4.13. The monoisotopic (exact) mass is 564 g/mol. The van der Waals surface area contributed by atoms with Crippen LogP contribution in [0.5, 0.6) is 0 Å². The summed E-state index contributed by atoms with van der Waals surface area (Å²) in [6.07, 6.45) is 0. The van der Waals surface area contributed by atoms with Crippen molar-refractivity contribution in [3.8, 4) is 6.07 Å². The fourth-order valence-electron chi connectivity index (χ4n) is 3.84. The van der Waals surface area contributed by atoms with Crippen molar-refractivity contribution in [2.45, 2.75) is 11.5 Å². The number of anilines is 1. The summed E-state index contributed by atoms with van der Waals surface area (Å²) in [7, 11) is -4.13. The van der Waals surface area contributed by atoms with E-state index in [1.54, 1.807) is 24.3 Å². The lowest BCUT2D eigenvalue weighted by Gasteiger charge is -2.20. The van der Waals surface area contributed by atoms with Gasteiger partial charge in [0.05, 0.1) is 46.4 Å². The number of nitrogens with one attached hydrogen (secondary N) is 1. The molecule has 1 aromatic heterocycles. The van der Waals surface area contributed by atoms with Gasteiger partial charge in [0.1, 0.15) is 12.1 Å². The van der Waals surface area contributed by atoms with Crippen LogP contribution in [0.1, 0.15) is 32.0 Å². The molecule has 3 aromatic carbocycles. The molecular weight excluding hydrogens is 540 g/mol. The first-order valence-electron chi connectivity index (χ1n) is 12.0. The van der Waals surface area contributed by atoms with Crippen LogP contribution in [0.4, 0.5) is 5.69 Å². The topological polar surface area (TPSA) is 183 Å². The molecular formula is C27H24N4O8S. The number of sulfonamides is 1. The molecule has 0 radical (unpaired) electrons. The van der Waals surface area contributed by atoms with Crippen molar-refractivity contribution >= 4 is 38.5 Å². The van der Waals surface area contributed by atoms with Crippen molar-refractivity contribution < 1.29 is 37.5 Å². The Kier molecular flexibility index (Phi) is 8.87. The van der Waals surface area contributed by atoms with Crippen molar-refractivity contribution in [2.75, 3.05) is 31.6 Å². The number of carbonyl (C=O) groups is 2. The number of hydrogen-bond acceptors (Lipinski definition) is 10. The minimum Gasteiger partial charge on any atom is -0.457 e. The molecule has 1 heterocycles. The number of aliphatic hydroxyl groups excluding tert-OH is 2. The number of esters is 1. The second-order valence-electron chi connectivity index (χ2n) is 8.43. The summed E-state index contributed by atoms with van der Waals surface area (Å²) in [5, 5.41) is 34.2. The van der Waals surface area contributed by atoms with E-state index in [-0.39, 0.29) is 58.1 Å². The molecule has 4 rings (SSSR count). The zero-order valence-corrected chi connectivity index (χ0v) is 21.8. The molecule has 206 valence electrons. The van der Waals surface area contributed by atoms with Gasteiger partial charge in [-0.1, -0.05) is 35.5 Å². The van der Waals surface area contributed by atoms with Crippen LogP contribution in [0.25, 0.3) is 10.9 Å². The van der Waals surface area contributed by atoms with Crippen LogP contribution < -0.4 is 5.32 Å². The van der Waals surface area contributed by atoms with E-state index in [9.17, 15) is 33.5 Å². The molecule has 0 saturated carbocycles. The molecule has 0 bridgehead atoms. The van der Waals surface area contributed by atoms with Gasteiger partial charge in [-0.05, 0) is 42.0 Å². The molecule has 0 fully saturated rings. The second kappa shape index (κ2) is 12.5. The predicted octanol–water partition coefficient (Wildman–Crippen LogP) is 2.28. The quantitative estimate of drug-likeness (QED) is 0.228. The highest BCUT2D eigenvalue weighted by Crippen LogP contribution is 2.26. The SMILES string of the molecule is N#Cc1ccc(NC(=O)c2onc3ccc(S(=O)(=O)N(CCO)CCO)cc23)c(C(=O)OCc2ccccc2)c1. The van der Waals surface area contributed by atoms with E-state index < -0.39 is 35.1 Å². The zero-order valence-electron chi connectivity index (χ0n) is 21.0. The fraction of sp³-hybridized carbons (Fsp3) is 0.185. The van der Waals surface area contributed by atoms with Crippen LogP contribution in [-0.4, -0.2) is 66.3 Å². The van der Waals surface area contributed by atoms with Gasteiger partial charge in [0.25, 0.3) is 5.91 Å². The maximum absolute atomic E-state index is 13.2. The molecule has 0 atom stereocenters. The summed E-state index contributed by atoms with van der Waals surface area (Å²) in [6.45, 7) is -1.41. The first kappa shape index (κ1) is 28.4. The third-order valence-electron chi connectivity index (χ3n) is 5.82. The van der Waals surface area contributed by atoms with Gasteiger partial charge in [0, 0.05) is 13.1 Å². The first-order chi connectivity index (χ1) is 19.3. The molecule has 13 heteroatoms. The molecule has 1 amide bonds. The van der Waals surface area contributed by atoms with E-state index >= 15 is 0 Å². The van der Waals surface area contributed by atoms with Crippen LogP contribution in [0.15, 0.2) is 76.1 Å². The Morgan fingerprint density at radius 2 is 1.75 bits per heavy atom. The van der Waals surface area contributed by atoms with E-state index in [1.165, 1.54) is 36.4 Å². The van der Waals surface area contributed by atoms with Gasteiger partial charge in [0.2, 0.25) is 15.8 Å². The van der Waals surface area contributed by atoms with Gasteiger partial charge in [-0.2, -0.15) is 9.57 Å². The normalized spacial score (nSPS) is 11.3. The van der Waals surface area contributed by atoms with Gasteiger partial charge in [-0.3, -0.25) is 4.79 Å². The van der Waals surface area contributed by atoms with E-state index in [1.807, 2.05) is 12.1 Å². The number of aromatic nitrogens is 1. The van der Waals surface area contributed by atoms with Gasteiger partial charge in [-0.15, -0.1) is 0 Å². The molecule has 0 aliphatic rings. The molecule has 0 aliphatic heterocycles.